The van der Waals surface area contributed by atoms with Gasteiger partial charge in [-0.25, -0.2) is 9.97 Å². The average molecular weight is 867 g/mol. The second kappa shape index (κ2) is 16.5. The van der Waals surface area contributed by atoms with Gasteiger partial charge in [0.2, 0.25) is 0 Å². The molecule has 4 aromatic carbocycles. The van der Waals surface area contributed by atoms with Gasteiger partial charge in [-0.3, -0.25) is 9.59 Å². The molecule has 2 amide bonds. The number of nitrogens with zero attached hydrogens (tertiary/aromatic N) is 4. The molecule has 0 saturated carbocycles. The summed E-state index contributed by atoms with van der Waals surface area (Å²) in [7, 11) is 1.76. The topological polar surface area (TPSA) is 116 Å². The van der Waals surface area contributed by atoms with Crippen LogP contribution in [0.5, 0.6) is 0 Å². The molecule has 16 heteroatoms. The van der Waals surface area contributed by atoms with E-state index in [1.54, 1.807) is 48.7 Å². The van der Waals surface area contributed by atoms with Gasteiger partial charge in [0.05, 0.1) is 35.0 Å². The van der Waals surface area contributed by atoms with Crippen molar-refractivity contribution in [3.63, 3.8) is 0 Å². The van der Waals surface area contributed by atoms with Crippen LogP contribution < -0.4 is 0 Å². The van der Waals surface area contributed by atoms with E-state index in [1.165, 1.54) is 53.4 Å². The maximum absolute atomic E-state index is 14.8. The smallest absolute Gasteiger partial charge is 0.356 e. The number of likely N-dealkylation sites (tertiary alicyclic amines) is 2. The highest BCUT2D eigenvalue weighted by Crippen LogP contribution is 2.48. The zero-order valence-corrected chi connectivity index (χ0v) is 34.0. The predicted octanol–water partition coefficient (Wildman–Crippen LogP) is 9.05. The average Bonchev–Trinajstić information content (AvgIpc) is 4.10. The molecule has 0 bridgehead atoms. The number of aromatic amines is 2. The van der Waals surface area contributed by atoms with Crippen LogP contribution in [0.15, 0.2) is 121 Å². The number of carbonyl (C=O) groups is 2. The summed E-state index contributed by atoms with van der Waals surface area (Å²) in [5, 5.41) is 0. The predicted molar refractivity (Wildman–Crippen MR) is 220 cm³/mol. The number of ether oxygens (including phenoxy) is 2. The summed E-state index contributed by atoms with van der Waals surface area (Å²) in [5.74, 6) is 4.40. The fourth-order valence-corrected chi connectivity index (χ4v) is 8.55. The summed E-state index contributed by atoms with van der Waals surface area (Å²) in [6.45, 7) is 3.96. The number of methoxy groups -OCH3 is 2. The minimum Gasteiger partial charge on any atom is -0.356 e. The van der Waals surface area contributed by atoms with E-state index in [0.29, 0.717) is 57.9 Å². The highest BCUT2D eigenvalue weighted by Gasteiger charge is 2.66. The number of carbonyl (C=O) groups excluding carboxylic acids is 2. The Bertz CT molecular complexity index is 2720. The van der Waals surface area contributed by atoms with Crippen LogP contribution in [0.4, 0.5) is 26.3 Å². The van der Waals surface area contributed by atoms with Crippen molar-refractivity contribution in [1.29, 1.82) is 0 Å². The zero-order chi connectivity index (χ0) is 44.7. The summed E-state index contributed by atoms with van der Waals surface area (Å²) in [6, 6.07) is 24.6. The first kappa shape index (κ1) is 43.0. The van der Waals surface area contributed by atoms with Crippen molar-refractivity contribution < 1.29 is 45.4 Å². The number of fused-ring (bicyclic) bond motifs is 1. The van der Waals surface area contributed by atoms with E-state index >= 15 is 0 Å². The van der Waals surface area contributed by atoms with E-state index < -0.39 is 47.5 Å². The number of imidazole rings is 2. The Morgan fingerprint density at radius 2 is 1.30 bits per heavy atom. The van der Waals surface area contributed by atoms with Crippen LogP contribution >= 0.6 is 0 Å². The molecule has 4 heterocycles. The van der Waals surface area contributed by atoms with E-state index in [-0.39, 0.29) is 30.6 Å². The Morgan fingerprint density at radius 1 is 0.730 bits per heavy atom. The Morgan fingerprint density at radius 3 is 1.89 bits per heavy atom. The van der Waals surface area contributed by atoms with Crippen LogP contribution in [-0.4, -0.2) is 81.2 Å². The van der Waals surface area contributed by atoms with E-state index in [9.17, 15) is 35.9 Å². The van der Waals surface area contributed by atoms with E-state index in [1.807, 2.05) is 12.1 Å². The van der Waals surface area contributed by atoms with Gasteiger partial charge in [0.15, 0.2) is 0 Å². The molecule has 2 aromatic heterocycles. The Hall–Kier alpha value is -6.70. The van der Waals surface area contributed by atoms with Gasteiger partial charge in [-0.1, -0.05) is 96.8 Å². The number of H-pyrrole nitrogens is 2. The summed E-state index contributed by atoms with van der Waals surface area (Å²) in [6.07, 6.45) is -7.46. The molecule has 0 spiro atoms. The maximum Gasteiger partial charge on any atom is 0.430 e. The molecule has 324 valence electrons. The number of amides is 2. The number of hydrogen-bond donors (Lipinski definition) is 2. The third-order valence-corrected chi connectivity index (χ3v) is 11.7. The molecule has 2 aliphatic rings. The van der Waals surface area contributed by atoms with Gasteiger partial charge in [0, 0.05) is 49.6 Å². The van der Waals surface area contributed by atoms with Gasteiger partial charge >= 0.3 is 12.4 Å². The lowest BCUT2D eigenvalue weighted by Crippen LogP contribution is -2.56. The summed E-state index contributed by atoms with van der Waals surface area (Å²) in [5.41, 5.74) is -2.80. The molecule has 2 N–H and O–H groups in total. The summed E-state index contributed by atoms with van der Waals surface area (Å²) in [4.78, 5) is 45.6. The third-order valence-electron chi connectivity index (χ3n) is 11.7. The van der Waals surface area contributed by atoms with Crippen molar-refractivity contribution in [3.8, 4) is 23.1 Å². The molecule has 0 aliphatic carbocycles. The number of nitrogens with one attached hydrogen (secondary N) is 2. The van der Waals surface area contributed by atoms with E-state index in [0.717, 1.165) is 24.7 Å². The number of benzene rings is 4. The van der Waals surface area contributed by atoms with Gasteiger partial charge in [0.1, 0.15) is 11.6 Å². The first-order chi connectivity index (χ1) is 30.1. The van der Waals surface area contributed by atoms with Gasteiger partial charge in [-0.2, -0.15) is 26.3 Å². The van der Waals surface area contributed by atoms with Crippen LogP contribution in [-0.2, 0) is 30.3 Å². The fourth-order valence-electron chi connectivity index (χ4n) is 8.55. The van der Waals surface area contributed by atoms with Crippen LogP contribution in [0.1, 0.15) is 65.2 Å². The molecule has 6 aromatic rings. The molecule has 0 unspecified atom stereocenters. The SMILES string of the molecule is C=C1C[C@@H](c2nc3ccc(C#Cc4ccc(-c5cnc([C@@H]6CCCN6C(=O)[C@](OC)(c6ccccc6)C(F)(F)F)[nH]5)cc4)cc3[nH]2)N(C(=O)[C@@](OC)(c2ccccc2)C(F)(F)F)C1. The van der Waals surface area contributed by atoms with Crippen molar-refractivity contribution in [1.82, 2.24) is 29.7 Å². The third kappa shape index (κ3) is 7.54. The fraction of sp³-hybridized carbons (Fsp3) is 0.277. The molecular formula is C47H40F6N6O4. The van der Waals surface area contributed by atoms with Gasteiger partial charge < -0.3 is 29.2 Å². The lowest BCUT2D eigenvalue weighted by atomic mass is 9.90. The number of halogens is 6. The molecule has 10 nitrogen and oxygen atoms in total. The quantitative estimate of drug-likeness (QED) is 0.0852. The van der Waals surface area contributed by atoms with Gasteiger partial charge in [-0.15, -0.1) is 0 Å². The number of rotatable bonds is 9. The highest BCUT2D eigenvalue weighted by atomic mass is 19.4. The minimum absolute atomic E-state index is 0.0989. The van der Waals surface area contributed by atoms with E-state index in [2.05, 4.69) is 38.4 Å². The molecule has 2 fully saturated rings. The monoisotopic (exact) mass is 866 g/mol. The van der Waals surface area contributed by atoms with Crippen molar-refractivity contribution in [3.05, 3.63) is 155 Å². The lowest BCUT2D eigenvalue weighted by molar-refractivity contribution is -0.271. The molecule has 4 atom stereocenters. The molecular weight excluding hydrogens is 827 g/mol. The second-order valence-electron chi connectivity index (χ2n) is 15.4. The van der Waals surface area contributed by atoms with Crippen LogP contribution in [0.2, 0.25) is 0 Å². The molecule has 2 aliphatic heterocycles. The molecule has 0 radical (unpaired) electrons. The lowest BCUT2D eigenvalue weighted by Gasteiger charge is -2.38. The molecule has 2 saturated heterocycles. The summed E-state index contributed by atoms with van der Waals surface area (Å²) < 4.78 is 98.8. The zero-order valence-electron chi connectivity index (χ0n) is 34.0. The van der Waals surface area contributed by atoms with Crippen molar-refractivity contribution >= 4 is 22.8 Å². The van der Waals surface area contributed by atoms with Crippen LogP contribution in [0.25, 0.3) is 22.3 Å². The van der Waals surface area contributed by atoms with Crippen molar-refractivity contribution in [2.24, 2.45) is 0 Å². The van der Waals surface area contributed by atoms with Gasteiger partial charge in [0.25, 0.3) is 23.0 Å². The Labute approximate surface area is 357 Å². The molecule has 8 rings (SSSR count). The van der Waals surface area contributed by atoms with Crippen LogP contribution in [0, 0.1) is 11.8 Å². The number of hydrogen-bond acceptors (Lipinski definition) is 6. The van der Waals surface area contributed by atoms with E-state index in [4.69, 9.17) is 9.47 Å². The first-order valence-electron chi connectivity index (χ1n) is 19.9. The van der Waals surface area contributed by atoms with Crippen molar-refractivity contribution in [2.75, 3.05) is 27.3 Å². The van der Waals surface area contributed by atoms with Crippen molar-refractivity contribution in [2.45, 2.75) is 54.9 Å². The minimum atomic E-state index is -5.08. The normalized spacial score (nSPS) is 18.8. The number of alkyl halides is 6. The maximum atomic E-state index is 14.8. The summed E-state index contributed by atoms with van der Waals surface area (Å²) >= 11 is 0. The largest absolute Gasteiger partial charge is 0.430 e. The number of aromatic nitrogens is 4. The highest BCUT2D eigenvalue weighted by molar-refractivity contribution is 5.89. The molecule has 63 heavy (non-hydrogen) atoms. The first-order valence-corrected chi connectivity index (χ1v) is 19.9. The van der Waals surface area contributed by atoms with Crippen LogP contribution in [0.3, 0.4) is 0 Å². The Kier molecular flexibility index (Phi) is 11.3. The Balaban J connectivity index is 0.985. The standard InChI is InChI=1S/C47H40F6N6O4/c1-29-25-39(59(28-29)43(61)45(63-3,47(51,52)53)34-13-8-5-9-14-34)41-55-35-23-20-31(26-36(35)56-41)17-16-30-18-21-32(22-19-30)37-27-54-40(57-37)38-15-10-24-58(38)42(60)44(62-2,46(48,49)50)33-11-6-4-7-12-33/h4-9,11-14,18-23,26-27,38-39H,1,10,15,24-25,28H2,2-3H3,(H,54,57)(H,55,56)/t38-,39-,44+,45-/m0/s1. The van der Waals surface area contributed by atoms with Gasteiger partial charge in [-0.05, 0) is 55.2 Å². The second-order valence-corrected chi connectivity index (χ2v) is 15.4.